The Morgan fingerprint density at radius 3 is 2.00 bits per heavy atom. The van der Waals surface area contributed by atoms with Crippen LogP contribution in [0.15, 0.2) is 65.5 Å². The van der Waals surface area contributed by atoms with Crippen LogP contribution in [0.5, 0.6) is 11.5 Å². The van der Waals surface area contributed by atoms with Gasteiger partial charge in [-0.2, -0.15) is 0 Å². The van der Waals surface area contributed by atoms with Gasteiger partial charge < -0.3 is 14.6 Å². The number of hydrogen-bond acceptors (Lipinski definition) is 3. The maximum absolute atomic E-state index is 9.43. The van der Waals surface area contributed by atoms with Crippen molar-refractivity contribution >= 4 is 12.2 Å². The molecule has 2 N–H and O–H groups in total. The fourth-order valence-corrected chi connectivity index (χ4v) is 2.12. The third kappa shape index (κ3) is 3.15. The molecule has 0 amide bonds. The summed E-state index contributed by atoms with van der Waals surface area (Å²) >= 11 is 0. The molecule has 3 aromatic rings. The second-order valence-electron chi connectivity index (χ2n) is 4.75. The van der Waals surface area contributed by atoms with E-state index in [2.05, 4.69) is 0 Å². The van der Waals surface area contributed by atoms with Gasteiger partial charge in [0.25, 0.3) is 0 Å². The lowest BCUT2D eigenvalue weighted by Gasteiger charge is -2.00. The molecule has 0 unspecified atom stereocenters. The molecule has 0 atom stereocenters. The van der Waals surface area contributed by atoms with Crippen LogP contribution in [0.2, 0.25) is 0 Å². The Kier molecular flexibility index (Phi) is 3.48. The van der Waals surface area contributed by atoms with Gasteiger partial charge >= 0.3 is 0 Å². The predicted molar refractivity (Wildman–Crippen MR) is 82.8 cm³/mol. The highest BCUT2D eigenvalue weighted by Crippen LogP contribution is 2.23. The van der Waals surface area contributed by atoms with Crippen LogP contribution in [0.4, 0.5) is 0 Å². The number of aromatic hydroxyl groups is 2. The highest BCUT2D eigenvalue weighted by molar-refractivity contribution is 5.72. The summed E-state index contributed by atoms with van der Waals surface area (Å²) in [6, 6.07) is 14.4. The summed E-state index contributed by atoms with van der Waals surface area (Å²) in [7, 11) is 0. The Hall–Kier alpha value is -2.94. The van der Waals surface area contributed by atoms with Gasteiger partial charge in [0.1, 0.15) is 11.5 Å². The van der Waals surface area contributed by atoms with Crippen molar-refractivity contribution in [3.8, 4) is 22.6 Å². The van der Waals surface area contributed by atoms with Crippen molar-refractivity contribution in [2.24, 2.45) is 0 Å². The van der Waals surface area contributed by atoms with E-state index in [-0.39, 0.29) is 11.5 Å². The van der Waals surface area contributed by atoms with Crippen molar-refractivity contribution in [2.75, 3.05) is 0 Å². The molecule has 3 rings (SSSR count). The minimum Gasteiger partial charge on any atom is -0.508 e. The lowest BCUT2D eigenvalue weighted by Crippen LogP contribution is -1.76. The molecule has 0 aliphatic carbocycles. The minimum absolute atomic E-state index is 0.0463. The van der Waals surface area contributed by atoms with Gasteiger partial charge in [0.05, 0.1) is 12.5 Å². The smallest absolute Gasteiger partial charge is 0.119 e. The maximum atomic E-state index is 9.43. The molecule has 3 nitrogen and oxygen atoms in total. The van der Waals surface area contributed by atoms with Crippen LogP contribution in [-0.2, 0) is 0 Å². The van der Waals surface area contributed by atoms with Gasteiger partial charge in [0.2, 0.25) is 0 Å². The predicted octanol–water partition coefficient (Wildman–Crippen LogP) is 4.53. The molecule has 2 aromatic carbocycles. The largest absolute Gasteiger partial charge is 0.508 e. The molecule has 1 aromatic heterocycles. The molecule has 21 heavy (non-hydrogen) atoms. The van der Waals surface area contributed by atoms with Crippen molar-refractivity contribution in [1.82, 2.24) is 0 Å². The molecule has 1 heterocycles. The average molecular weight is 278 g/mol. The summed E-state index contributed by atoms with van der Waals surface area (Å²) in [5.41, 5.74) is 3.91. The molecule has 0 spiro atoms. The first kappa shape index (κ1) is 13.1. The standard InChI is InChI=1S/C18H14O3/c19-17-9-14(10-18(20)11-17)2-1-13-3-5-15(6-4-13)16-7-8-21-12-16/h1-12,19-20H/b2-1+. The van der Waals surface area contributed by atoms with Crippen molar-refractivity contribution in [3.63, 3.8) is 0 Å². The Balaban J connectivity index is 1.80. The Bertz CT molecular complexity index is 733. The molecule has 3 heteroatoms. The Labute approximate surface area is 122 Å². The van der Waals surface area contributed by atoms with E-state index < -0.39 is 0 Å². The van der Waals surface area contributed by atoms with E-state index in [0.29, 0.717) is 0 Å². The zero-order chi connectivity index (χ0) is 14.7. The van der Waals surface area contributed by atoms with Crippen LogP contribution in [0.3, 0.4) is 0 Å². The van der Waals surface area contributed by atoms with Crippen molar-refractivity contribution in [3.05, 3.63) is 72.2 Å². The summed E-state index contributed by atoms with van der Waals surface area (Å²) in [6.07, 6.45) is 7.12. The molecule has 0 radical (unpaired) electrons. The van der Waals surface area contributed by atoms with Crippen LogP contribution in [0.1, 0.15) is 11.1 Å². The zero-order valence-corrected chi connectivity index (χ0v) is 11.2. The molecular formula is C18H14O3. The fourth-order valence-electron chi connectivity index (χ4n) is 2.12. The maximum Gasteiger partial charge on any atom is 0.119 e. The first-order chi connectivity index (χ1) is 10.2. The monoisotopic (exact) mass is 278 g/mol. The SMILES string of the molecule is Oc1cc(O)cc(/C=C/c2ccc(-c3ccoc3)cc2)c1. The van der Waals surface area contributed by atoms with Crippen molar-refractivity contribution in [2.45, 2.75) is 0 Å². The van der Waals surface area contributed by atoms with Gasteiger partial charge in [-0.05, 0) is 34.9 Å². The van der Waals surface area contributed by atoms with E-state index in [1.54, 1.807) is 24.7 Å². The van der Waals surface area contributed by atoms with Crippen molar-refractivity contribution < 1.29 is 14.6 Å². The van der Waals surface area contributed by atoms with Crippen LogP contribution in [0.25, 0.3) is 23.3 Å². The molecular weight excluding hydrogens is 264 g/mol. The lowest BCUT2D eigenvalue weighted by molar-refractivity contribution is 0.450. The number of hydrogen-bond donors (Lipinski definition) is 2. The Morgan fingerprint density at radius 1 is 0.714 bits per heavy atom. The van der Waals surface area contributed by atoms with Gasteiger partial charge in [0.15, 0.2) is 0 Å². The number of rotatable bonds is 3. The highest BCUT2D eigenvalue weighted by atomic mass is 16.3. The van der Waals surface area contributed by atoms with E-state index in [1.807, 2.05) is 42.5 Å². The van der Waals surface area contributed by atoms with Gasteiger partial charge in [-0.15, -0.1) is 0 Å². The molecule has 0 aliphatic heterocycles. The third-order valence-electron chi connectivity index (χ3n) is 3.16. The van der Waals surface area contributed by atoms with Gasteiger partial charge in [-0.1, -0.05) is 36.4 Å². The van der Waals surface area contributed by atoms with E-state index in [0.717, 1.165) is 22.3 Å². The third-order valence-corrected chi connectivity index (χ3v) is 3.16. The molecule has 0 saturated heterocycles. The molecule has 104 valence electrons. The van der Waals surface area contributed by atoms with Crippen molar-refractivity contribution in [1.29, 1.82) is 0 Å². The molecule has 0 saturated carbocycles. The van der Waals surface area contributed by atoms with Crippen LogP contribution < -0.4 is 0 Å². The first-order valence-corrected chi connectivity index (χ1v) is 6.54. The van der Waals surface area contributed by atoms with Gasteiger partial charge in [0, 0.05) is 11.6 Å². The minimum atomic E-state index is 0.0463. The zero-order valence-electron chi connectivity index (χ0n) is 11.2. The second kappa shape index (κ2) is 5.59. The number of furan rings is 1. The highest BCUT2D eigenvalue weighted by Gasteiger charge is 1.99. The molecule has 0 bridgehead atoms. The lowest BCUT2D eigenvalue weighted by atomic mass is 10.1. The van der Waals surface area contributed by atoms with E-state index in [4.69, 9.17) is 4.42 Å². The van der Waals surface area contributed by atoms with E-state index >= 15 is 0 Å². The summed E-state index contributed by atoms with van der Waals surface area (Å²) in [5.74, 6) is 0.0925. The van der Waals surface area contributed by atoms with Crippen LogP contribution in [-0.4, -0.2) is 10.2 Å². The fraction of sp³-hybridized carbons (Fsp3) is 0. The summed E-state index contributed by atoms with van der Waals surface area (Å²) in [5, 5.41) is 18.9. The number of phenolic OH excluding ortho intramolecular Hbond substituents is 2. The van der Waals surface area contributed by atoms with Gasteiger partial charge in [-0.25, -0.2) is 0 Å². The number of phenols is 2. The average Bonchev–Trinajstić information content (AvgIpc) is 2.99. The first-order valence-electron chi connectivity index (χ1n) is 6.54. The molecule has 0 aliphatic rings. The number of benzene rings is 2. The second-order valence-corrected chi connectivity index (χ2v) is 4.75. The Morgan fingerprint density at radius 2 is 1.38 bits per heavy atom. The molecule has 0 fully saturated rings. The van der Waals surface area contributed by atoms with E-state index in [1.165, 1.54) is 6.07 Å². The summed E-state index contributed by atoms with van der Waals surface area (Å²) < 4.78 is 5.07. The van der Waals surface area contributed by atoms with Crippen LogP contribution >= 0.6 is 0 Å². The topological polar surface area (TPSA) is 53.6 Å². The normalized spacial score (nSPS) is 11.0. The summed E-state index contributed by atoms with van der Waals surface area (Å²) in [4.78, 5) is 0. The van der Waals surface area contributed by atoms with Crippen LogP contribution in [0, 0.1) is 0 Å². The van der Waals surface area contributed by atoms with Gasteiger partial charge in [-0.3, -0.25) is 0 Å². The summed E-state index contributed by atoms with van der Waals surface area (Å²) in [6.45, 7) is 0. The van der Waals surface area contributed by atoms with E-state index in [9.17, 15) is 10.2 Å². The quantitative estimate of drug-likeness (QED) is 0.692.